The number of hydrogen-bond acceptors (Lipinski definition) is 3. The van der Waals surface area contributed by atoms with Gasteiger partial charge in [0.1, 0.15) is 0 Å². The monoisotopic (exact) mass is 346 g/mol. The fourth-order valence-corrected chi connectivity index (χ4v) is 2.74. The number of nitrogens with zero attached hydrogens (tertiary/aromatic N) is 1. The minimum atomic E-state index is 0.195. The Hall–Kier alpha value is -1.23. The topological polar surface area (TPSA) is 34.1 Å². The lowest BCUT2D eigenvalue weighted by molar-refractivity contribution is 0.0277. The average Bonchev–Trinajstić information content (AvgIpc) is 2.56. The average molecular weight is 347 g/mol. The van der Waals surface area contributed by atoms with Gasteiger partial charge in [0.15, 0.2) is 0 Å². The summed E-state index contributed by atoms with van der Waals surface area (Å²) in [6, 6.07) is 12.9. The first-order valence-electron chi connectivity index (χ1n) is 7.33. The molecule has 1 N–H and O–H groups in total. The van der Waals surface area contributed by atoms with Gasteiger partial charge in [-0.1, -0.05) is 24.3 Å². The van der Waals surface area contributed by atoms with Gasteiger partial charge < -0.3 is 10.1 Å². The number of nitrogens with one attached hydrogen (secondary N) is 1. The van der Waals surface area contributed by atoms with Crippen LogP contribution in [0.25, 0.3) is 0 Å². The number of hydrogen-bond donors (Lipinski definition) is 1. The number of rotatable bonds is 4. The van der Waals surface area contributed by atoms with Crippen molar-refractivity contribution >= 4 is 15.9 Å². The molecule has 21 heavy (non-hydrogen) atoms. The molecule has 3 nitrogen and oxygen atoms in total. The van der Waals surface area contributed by atoms with Crippen molar-refractivity contribution in [2.24, 2.45) is 0 Å². The van der Waals surface area contributed by atoms with Crippen LogP contribution < -0.4 is 5.32 Å². The van der Waals surface area contributed by atoms with E-state index in [0.717, 1.165) is 42.7 Å². The lowest BCUT2D eigenvalue weighted by Gasteiger charge is -2.24. The van der Waals surface area contributed by atoms with E-state index >= 15 is 0 Å². The molecule has 2 aromatic rings. The maximum absolute atomic E-state index is 5.77. The molecule has 1 atom stereocenters. The molecule has 2 heterocycles. The lowest BCUT2D eigenvalue weighted by Crippen LogP contribution is -2.33. The van der Waals surface area contributed by atoms with Gasteiger partial charge in [-0.15, -0.1) is 0 Å². The van der Waals surface area contributed by atoms with E-state index in [0.29, 0.717) is 0 Å². The lowest BCUT2D eigenvalue weighted by atomic mass is 10.0. The minimum Gasteiger partial charge on any atom is -0.371 e. The van der Waals surface area contributed by atoms with Gasteiger partial charge in [0, 0.05) is 29.5 Å². The van der Waals surface area contributed by atoms with Crippen molar-refractivity contribution in [2.45, 2.75) is 18.9 Å². The SMILES string of the molecule is Brc1ccc(CCc2ccc([C@H]3CNCCO3)cc2)nc1. The first-order valence-corrected chi connectivity index (χ1v) is 8.12. The van der Waals surface area contributed by atoms with Crippen LogP contribution in [0.5, 0.6) is 0 Å². The summed E-state index contributed by atoms with van der Waals surface area (Å²) in [6.07, 6.45) is 4.03. The third kappa shape index (κ3) is 4.13. The summed E-state index contributed by atoms with van der Waals surface area (Å²) >= 11 is 3.41. The Morgan fingerprint density at radius 2 is 2.00 bits per heavy atom. The molecular weight excluding hydrogens is 328 g/mol. The summed E-state index contributed by atoms with van der Waals surface area (Å²) in [5, 5.41) is 3.36. The highest BCUT2D eigenvalue weighted by Gasteiger charge is 2.15. The van der Waals surface area contributed by atoms with E-state index in [1.54, 1.807) is 0 Å². The predicted octanol–water partition coefficient (Wildman–Crippen LogP) is 3.29. The molecule has 1 aliphatic rings. The molecule has 3 rings (SSSR count). The molecule has 0 bridgehead atoms. The van der Waals surface area contributed by atoms with Crippen LogP contribution in [0.15, 0.2) is 47.1 Å². The number of pyridine rings is 1. The van der Waals surface area contributed by atoms with Crippen LogP contribution in [-0.2, 0) is 17.6 Å². The first-order chi connectivity index (χ1) is 10.3. The molecule has 0 radical (unpaired) electrons. The highest BCUT2D eigenvalue weighted by atomic mass is 79.9. The highest BCUT2D eigenvalue weighted by molar-refractivity contribution is 9.10. The summed E-state index contributed by atoms with van der Waals surface area (Å²) in [5.41, 5.74) is 3.72. The van der Waals surface area contributed by atoms with Crippen LogP contribution in [0.1, 0.15) is 22.9 Å². The molecule has 0 amide bonds. The summed E-state index contributed by atoms with van der Waals surface area (Å²) in [5.74, 6) is 0. The standard InChI is InChI=1S/C17H19BrN2O/c18-15-6-8-16(20-11-15)7-3-13-1-4-14(5-2-13)17-12-19-9-10-21-17/h1-2,4-6,8,11,17,19H,3,7,9-10,12H2/t17-/m1/s1. The van der Waals surface area contributed by atoms with E-state index in [1.807, 2.05) is 12.3 Å². The van der Waals surface area contributed by atoms with Crippen LogP contribution in [-0.4, -0.2) is 24.7 Å². The van der Waals surface area contributed by atoms with Crippen LogP contribution in [0, 0.1) is 0 Å². The highest BCUT2D eigenvalue weighted by Crippen LogP contribution is 2.19. The third-order valence-corrected chi connectivity index (χ3v) is 4.21. The predicted molar refractivity (Wildman–Crippen MR) is 87.3 cm³/mol. The van der Waals surface area contributed by atoms with Crippen molar-refractivity contribution in [3.05, 3.63) is 63.9 Å². The molecular formula is C17H19BrN2O. The smallest absolute Gasteiger partial charge is 0.0949 e. The van der Waals surface area contributed by atoms with Crippen molar-refractivity contribution in [3.8, 4) is 0 Å². The Balaban J connectivity index is 1.57. The number of benzene rings is 1. The van der Waals surface area contributed by atoms with Crippen LogP contribution in [0.3, 0.4) is 0 Å². The third-order valence-electron chi connectivity index (χ3n) is 3.74. The zero-order valence-electron chi connectivity index (χ0n) is 11.9. The van der Waals surface area contributed by atoms with Crippen molar-refractivity contribution in [2.75, 3.05) is 19.7 Å². The van der Waals surface area contributed by atoms with Crippen molar-refractivity contribution in [1.82, 2.24) is 10.3 Å². The van der Waals surface area contributed by atoms with E-state index in [9.17, 15) is 0 Å². The van der Waals surface area contributed by atoms with Gasteiger partial charge in [0.05, 0.1) is 12.7 Å². The summed E-state index contributed by atoms with van der Waals surface area (Å²) in [6.45, 7) is 2.65. The van der Waals surface area contributed by atoms with E-state index in [2.05, 4.69) is 56.6 Å². The molecule has 0 spiro atoms. The quantitative estimate of drug-likeness (QED) is 0.922. The normalized spacial score (nSPS) is 18.6. The zero-order chi connectivity index (χ0) is 14.5. The van der Waals surface area contributed by atoms with Gasteiger partial charge in [-0.05, 0) is 52.0 Å². The van der Waals surface area contributed by atoms with E-state index in [1.165, 1.54) is 11.1 Å². The Labute approximate surface area is 133 Å². The minimum absolute atomic E-state index is 0.195. The second-order valence-electron chi connectivity index (χ2n) is 5.27. The van der Waals surface area contributed by atoms with Gasteiger partial charge in [-0.25, -0.2) is 0 Å². The molecule has 1 saturated heterocycles. The van der Waals surface area contributed by atoms with E-state index < -0.39 is 0 Å². The Morgan fingerprint density at radius 1 is 1.14 bits per heavy atom. The molecule has 4 heteroatoms. The van der Waals surface area contributed by atoms with Crippen LogP contribution in [0.4, 0.5) is 0 Å². The van der Waals surface area contributed by atoms with E-state index in [4.69, 9.17) is 4.74 Å². The molecule has 0 saturated carbocycles. The molecule has 0 unspecified atom stereocenters. The molecule has 1 aromatic heterocycles. The fraction of sp³-hybridized carbons (Fsp3) is 0.353. The molecule has 110 valence electrons. The summed E-state index contributed by atoms with van der Waals surface area (Å²) in [4.78, 5) is 4.41. The fourth-order valence-electron chi connectivity index (χ4n) is 2.51. The second-order valence-corrected chi connectivity index (χ2v) is 6.19. The number of aryl methyl sites for hydroxylation is 2. The van der Waals surface area contributed by atoms with Gasteiger partial charge in [-0.2, -0.15) is 0 Å². The van der Waals surface area contributed by atoms with Gasteiger partial charge in [0.25, 0.3) is 0 Å². The molecule has 1 fully saturated rings. The zero-order valence-corrected chi connectivity index (χ0v) is 13.5. The number of ether oxygens (including phenoxy) is 1. The summed E-state index contributed by atoms with van der Waals surface area (Å²) < 4.78 is 6.79. The number of halogens is 1. The maximum atomic E-state index is 5.77. The van der Waals surface area contributed by atoms with E-state index in [-0.39, 0.29) is 6.10 Å². The molecule has 0 aliphatic carbocycles. The molecule has 1 aliphatic heterocycles. The number of aromatic nitrogens is 1. The van der Waals surface area contributed by atoms with Gasteiger partial charge >= 0.3 is 0 Å². The Bertz CT molecular complexity index is 562. The summed E-state index contributed by atoms with van der Waals surface area (Å²) in [7, 11) is 0. The first kappa shape index (κ1) is 14.7. The maximum Gasteiger partial charge on any atom is 0.0949 e. The van der Waals surface area contributed by atoms with Crippen LogP contribution >= 0.6 is 15.9 Å². The largest absolute Gasteiger partial charge is 0.371 e. The van der Waals surface area contributed by atoms with Crippen molar-refractivity contribution in [1.29, 1.82) is 0 Å². The second kappa shape index (κ2) is 7.16. The van der Waals surface area contributed by atoms with Gasteiger partial charge in [0.2, 0.25) is 0 Å². The van der Waals surface area contributed by atoms with Gasteiger partial charge in [-0.3, -0.25) is 4.98 Å². The Kier molecular flexibility index (Phi) is 5.01. The molecule has 1 aromatic carbocycles. The Morgan fingerprint density at radius 3 is 2.67 bits per heavy atom. The van der Waals surface area contributed by atoms with Crippen molar-refractivity contribution < 1.29 is 4.74 Å². The number of morpholine rings is 1. The van der Waals surface area contributed by atoms with Crippen molar-refractivity contribution in [3.63, 3.8) is 0 Å². The van der Waals surface area contributed by atoms with Crippen LogP contribution in [0.2, 0.25) is 0 Å².